The molecule has 0 fully saturated rings. The number of methoxy groups -OCH3 is 1. The third kappa shape index (κ3) is 3.27. The average Bonchev–Trinajstić information content (AvgIpc) is 2.57. The Morgan fingerprint density at radius 3 is 2.50 bits per heavy atom. The first-order valence-corrected chi connectivity index (χ1v) is 7.45. The quantitative estimate of drug-likeness (QED) is 0.863. The van der Waals surface area contributed by atoms with Crippen LogP contribution in [0.25, 0.3) is 10.8 Å². The molecule has 0 aliphatic rings. The summed E-state index contributed by atoms with van der Waals surface area (Å²) in [4.78, 5) is 24.5. The SMILES string of the molecule is CC[C@@H](C)[C@@H](NC(=O)c1cccc2ccccc12)C(=O)OC. The fourth-order valence-corrected chi connectivity index (χ4v) is 2.44. The fraction of sp³-hybridized carbons (Fsp3) is 0.333. The number of hydrogen-bond acceptors (Lipinski definition) is 3. The van der Waals surface area contributed by atoms with E-state index < -0.39 is 12.0 Å². The summed E-state index contributed by atoms with van der Waals surface area (Å²) in [6.45, 7) is 3.90. The van der Waals surface area contributed by atoms with Crippen molar-refractivity contribution in [2.45, 2.75) is 26.3 Å². The van der Waals surface area contributed by atoms with E-state index in [0.29, 0.717) is 5.56 Å². The molecular weight excluding hydrogens is 278 g/mol. The van der Waals surface area contributed by atoms with Gasteiger partial charge >= 0.3 is 5.97 Å². The lowest BCUT2D eigenvalue weighted by Gasteiger charge is -2.22. The summed E-state index contributed by atoms with van der Waals surface area (Å²) >= 11 is 0. The number of ether oxygens (including phenoxy) is 1. The summed E-state index contributed by atoms with van der Waals surface area (Å²) in [5.41, 5.74) is 0.565. The Labute approximate surface area is 130 Å². The van der Waals surface area contributed by atoms with Crippen LogP contribution in [0.2, 0.25) is 0 Å². The molecule has 116 valence electrons. The molecule has 0 aromatic heterocycles. The van der Waals surface area contributed by atoms with Gasteiger partial charge in [0.1, 0.15) is 6.04 Å². The second-order valence-corrected chi connectivity index (χ2v) is 5.39. The van der Waals surface area contributed by atoms with Crippen LogP contribution in [0, 0.1) is 5.92 Å². The number of hydrogen-bond donors (Lipinski definition) is 1. The van der Waals surface area contributed by atoms with Gasteiger partial charge in [0, 0.05) is 5.56 Å². The van der Waals surface area contributed by atoms with E-state index in [9.17, 15) is 9.59 Å². The predicted molar refractivity (Wildman–Crippen MR) is 86.7 cm³/mol. The van der Waals surface area contributed by atoms with Crippen molar-refractivity contribution < 1.29 is 14.3 Å². The summed E-state index contributed by atoms with van der Waals surface area (Å²) in [5, 5.41) is 4.68. The van der Waals surface area contributed by atoms with Crippen molar-refractivity contribution in [3.63, 3.8) is 0 Å². The third-order valence-electron chi connectivity index (χ3n) is 3.99. The van der Waals surface area contributed by atoms with Gasteiger partial charge in [-0.05, 0) is 22.8 Å². The van der Waals surface area contributed by atoms with Crippen molar-refractivity contribution in [3.8, 4) is 0 Å². The van der Waals surface area contributed by atoms with Crippen molar-refractivity contribution in [3.05, 3.63) is 48.0 Å². The van der Waals surface area contributed by atoms with Crippen LogP contribution in [0.5, 0.6) is 0 Å². The van der Waals surface area contributed by atoms with E-state index in [1.807, 2.05) is 50.2 Å². The molecule has 0 saturated carbocycles. The van der Waals surface area contributed by atoms with Crippen molar-refractivity contribution >= 4 is 22.6 Å². The minimum atomic E-state index is -0.638. The summed E-state index contributed by atoms with van der Waals surface area (Å²) in [6, 6.07) is 12.6. The van der Waals surface area contributed by atoms with Crippen molar-refractivity contribution in [1.29, 1.82) is 0 Å². The van der Waals surface area contributed by atoms with Gasteiger partial charge in [0.05, 0.1) is 7.11 Å². The van der Waals surface area contributed by atoms with Gasteiger partial charge in [-0.3, -0.25) is 4.79 Å². The first-order valence-electron chi connectivity index (χ1n) is 7.45. The minimum Gasteiger partial charge on any atom is -0.467 e. The van der Waals surface area contributed by atoms with Crippen LogP contribution in [-0.2, 0) is 9.53 Å². The number of carbonyl (C=O) groups is 2. The molecule has 2 aromatic carbocycles. The van der Waals surface area contributed by atoms with Gasteiger partial charge in [0.15, 0.2) is 0 Å². The first kappa shape index (κ1) is 16.0. The number of carbonyl (C=O) groups excluding carboxylic acids is 2. The number of fused-ring (bicyclic) bond motifs is 1. The van der Waals surface area contributed by atoms with Gasteiger partial charge in [0.2, 0.25) is 0 Å². The Morgan fingerprint density at radius 1 is 1.14 bits per heavy atom. The molecule has 2 aromatic rings. The predicted octanol–water partition coefficient (Wildman–Crippen LogP) is 3.16. The molecule has 0 radical (unpaired) electrons. The highest BCUT2D eigenvalue weighted by Crippen LogP contribution is 2.19. The summed E-state index contributed by atoms with van der Waals surface area (Å²) < 4.78 is 4.81. The lowest BCUT2D eigenvalue weighted by Crippen LogP contribution is -2.45. The van der Waals surface area contributed by atoms with Crippen LogP contribution in [0.3, 0.4) is 0 Å². The Bertz CT molecular complexity index is 676. The Balaban J connectivity index is 2.31. The van der Waals surface area contributed by atoms with Gasteiger partial charge < -0.3 is 10.1 Å². The van der Waals surface area contributed by atoms with Gasteiger partial charge in [-0.1, -0.05) is 56.7 Å². The molecule has 0 bridgehead atoms. The number of esters is 1. The molecule has 2 atom stereocenters. The smallest absolute Gasteiger partial charge is 0.328 e. The number of nitrogens with one attached hydrogen (secondary N) is 1. The van der Waals surface area contributed by atoms with Crippen LogP contribution >= 0.6 is 0 Å². The molecule has 0 unspecified atom stereocenters. The maximum atomic E-state index is 12.6. The zero-order valence-corrected chi connectivity index (χ0v) is 13.1. The van der Waals surface area contributed by atoms with Crippen molar-refractivity contribution in [2.24, 2.45) is 5.92 Å². The van der Waals surface area contributed by atoms with E-state index in [1.165, 1.54) is 7.11 Å². The van der Waals surface area contributed by atoms with Gasteiger partial charge in [-0.2, -0.15) is 0 Å². The van der Waals surface area contributed by atoms with E-state index in [-0.39, 0.29) is 11.8 Å². The van der Waals surface area contributed by atoms with Crippen molar-refractivity contribution in [2.75, 3.05) is 7.11 Å². The van der Waals surface area contributed by atoms with Crippen molar-refractivity contribution in [1.82, 2.24) is 5.32 Å². The Kier molecular flexibility index (Phi) is 5.15. The fourth-order valence-electron chi connectivity index (χ4n) is 2.44. The molecule has 4 nitrogen and oxygen atoms in total. The first-order chi connectivity index (χ1) is 10.6. The second-order valence-electron chi connectivity index (χ2n) is 5.39. The van der Waals surface area contributed by atoms with E-state index in [0.717, 1.165) is 17.2 Å². The largest absolute Gasteiger partial charge is 0.467 e. The van der Waals surface area contributed by atoms with Crippen LogP contribution in [-0.4, -0.2) is 25.0 Å². The molecule has 0 heterocycles. The molecule has 0 spiro atoms. The maximum Gasteiger partial charge on any atom is 0.328 e. The molecule has 22 heavy (non-hydrogen) atoms. The average molecular weight is 299 g/mol. The highest BCUT2D eigenvalue weighted by atomic mass is 16.5. The van der Waals surface area contributed by atoms with Gasteiger partial charge in [-0.25, -0.2) is 4.79 Å². The lowest BCUT2D eigenvalue weighted by molar-refractivity contribution is -0.144. The van der Waals surface area contributed by atoms with Crippen LogP contribution in [0.4, 0.5) is 0 Å². The monoisotopic (exact) mass is 299 g/mol. The van der Waals surface area contributed by atoms with Crippen LogP contribution in [0.15, 0.2) is 42.5 Å². The van der Waals surface area contributed by atoms with Gasteiger partial charge in [0.25, 0.3) is 5.91 Å². The second kappa shape index (κ2) is 7.07. The Morgan fingerprint density at radius 2 is 1.82 bits per heavy atom. The third-order valence-corrected chi connectivity index (χ3v) is 3.99. The summed E-state index contributed by atoms with van der Waals surface area (Å²) in [6.07, 6.45) is 0.773. The topological polar surface area (TPSA) is 55.4 Å². The Hall–Kier alpha value is -2.36. The molecule has 1 N–H and O–H groups in total. The summed E-state index contributed by atoms with van der Waals surface area (Å²) in [7, 11) is 1.34. The minimum absolute atomic E-state index is 0.00590. The van der Waals surface area contributed by atoms with E-state index in [4.69, 9.17) is 4.74 Å². The van der Waals surface area contributed by atoms with Crippen LogP contribution in [0.1, 0.15) is 30.6 Å². The standard InChI is InChI=1S/C18H21NO3/c1-4-12(2)16(18(21)22-3)19-17(20)15-11-7-9-13-8-5-6-10-14(13)15/h5-12,16H,4H2,1-3H3,(H,19,20)/t12-,16-/m1/s1. The van der Waals surface area contributed by atoms with E-state index in [2.05, 4.69) is 5.32 Å². The molecule has 2 rings (SSSR count). The zero-order chi connectivity index (χ0) is 16.1. The molecule has 1 amide bonds. The highest BCUT2D eigenvalue weighted by Gasteiger charge is 2.27. The van der Waals surface area contributed by atoms with E-state index in [1.54, 1.807) is 6.07 Å². The molecular formula is C18H21NO3. The van der Waals surface area contributed by atoms with E-state index >= 15 is 0 Å². The molecule has 0 saturated heterocycles. The normalized spacial score (nSPS) is 13.4. The maximum absolute atomic E-state index is 12.6. The van der Waals surface area contributed by atoms with Crippen LogP contribution < -0.4 is 5.32 Å². The molecule has 0 aliphatic heterocycles. The lowest BCUT2D eigenvalue weighted by atomic mass is 9.98. The number of benzene rings is 2. The highest BCUT2D eigenvalue weighted by molar-refractivity contribution is 6.07. The molecule has 0 aliphatic carbocycles. The summed E-state index contributed by atoms with van der Waals surface area (Å²) in [5.74, 6) is -0.665. The molecule has 4 heteroatoms. The zero-order valence-electron chi connectivity index (χ0n) is 13.1. The number of amides is 1. The number of rotatable bonds is 5. The van der Waals surface area contributed by atoms with Gasteiger partial charge in [-0.15, -0.1) is 0 Å².